The van der Waals surface area contributed by atoms with E-state index in [4.69, 9.17) is 0 Å². The summed E-state index contributed by atoms with van der Waals surface area (Å²) in [7, 11) is -3.79. The number of carbonyl (C=O) groups is 2. The molecule has 0 aromatic heterocycles. The standard InChI is InChI=1S/C26H33BrFN3O4S/c1-3-24(26(33)29-22-7-5-4-6-8-22)30(17-19-9-13-21(28)14-10-19)25(32)18-31(36(2,34)35)23-15-11-20(27)12-16-23/h9-16,22,24H,3-8,17-18H2,1-2H3,(H,29,33)/t24-/m1/s1. The molecule has 2 aromatic rings. The highest BCUT2D eigenvalue weighted by Crippen LogP contribution is 2.23. The Morgan fingerprint density at radius 3 is 2.22 bits per heavy atom. The van der Waals surface area contributed by atoms with Crippen molar-refractivity contribution in [2.24, 2.45) is 0 Å². The van der Waals surface area contributed by atoms with Crippen LogP contribution in [0.4, 0.5) is 10.1 Å². The molecule has 1 saturated carbocycles. The molecule has 196 valence electrons. The monoisotopic (exact) mass is 581 g/mol. The highest BCUT2D eigenvalue weighted by molar-refractivity contribution is 9.10. The van der Waals surface area contributed by atoms with Gasteiger partial charge in [0.2, 0.25) is 21.8 Å². The van der Waals surface area contributed by atoms with E-state index in [1.165, 1.54) is 17.0 Å². The fraction of sp³-hybridized carbons (Fsp3) is 0.462. The third-order valence-corrected chi connectivity index (χ3v) is 8.07. The first-order valence-electron chi connectivity index (χ1n) is 12.2. The second-order valence-electron chi connectivity index (χ2n) is 9.16. The van der Waals surface area contributed by atoms with Crippen molar-refractivity contribution in [3.8, 4) is 0 Å². The number of anilines is 1. The minimum Gasteiger partial charge on any atom is -0.352 e. The van der Waals surface area contributed by atoms with Crippen LogP contribution >= 0.6 is 15.9 Å². The Labute approximate surface area is 221 Å². The summed E-state index contributed by atoms with van der Waals surface area (Å²) in [5.74, 6) is -1.18. The molecule has 2 amide bonds. The molecule has 0 bridgehead atoms. The molecule has 1 N–H and O–H groups in total. The lowest BCUT2D eigenvalue weighted by Gasteiger charge is -2.34. The minimum absolute atomic E-state index is 0.0493. The second kappa shape index (κ2) is 12.7. The SMILES string of the molecule is CC[C@H](C(=O)NC1CCCCC1)N(Cc1ccc(F)cc1)C(=O)CN(c1ccc(Br)cc1)S(C)(=O)=O. The number of amides is 2. The molecular formula is C26H33BrFN3O4S. The number of sulfonamides is 1. The number of nitrogens with zero attached hydrogens (tertiary/aromatic N) is 2. The summed E-state index contributed by atoms with van der Waals surface area (Å²) in [4.78, 5) is 28.4. The van der Waals surface area contributed by atoms with Crippen molar-refractivity contribution in [2.45, 2.75) is 64.1 Å². The maximum Gasteiger partial charge on any atom is 0.244 e. The number of benzene rings is 2. The van der Waals surface area contributed by atoms with E-state index in [9.17, 15) is 22.4 Å². The molecule has 1 atom stereocenters. The number of halogens is 2. The average molecular weight is 583 g/mol. The van der Waals surface area contributed by atoms with E-state index in [1.807, 2.05) is 6.92 Å². The first-order chi connectivity index (χ1) is 17.1. The van der Waals surface area contributed by atoms with E-state index < -0.39 is 34.3 Å². The van der Waals surface area contributed by atoms with Gasteiger partial charge < -0.3 is 10.2 Å². The molecule has 0 aliphatic heterocycles. The normalized spacial score (nSPS) is 15.2. The fourth-order valence-corrected chi connectivity index (χ4v) is 5.59. The van der Waals surface area contributed by atoms with Crippen LogP contribution in [0.25, 0.3) is 0 Å². The Hall–Kier alpha value is -2.46. The van der Waals surface area contributed by atoms with Crippen LogP contribution in [0.5, 0.6) is 0 Å². The molecule has 36 heavy (non-hydrogen) atoms. The van der Waals surface area contributed by atoms with E-state index >= 15 is 0 Å². The van der Waals surface area contributed by atoms with Crippen molar-refractivity contribution in [1.82, 2.24) is 10.2 Å². The molecule has 0 radical (unpaired) electrons. The maximum absolute atomic E-state index is 13.7. The molecule has 1 aliphatic carbocycles. The predicted octanol–water partition coefficient (Wildman–Crippen LogP) is 4.61. The summed E-state index contributed by atoms with van der Waals surface area (Å²) >= 11 is 3.33. The van der Waals surface area contributed by atoms with Crippen molar-refractivity contribution in [2.75, 3.05) is 17.1 Å². The minimum atomic E-state index is -3.79. The van der Waals surface area contributed by atoms with Gasteiger partial charge in [0.25, 0.3) is 0 Å². The number of hydrogen-bond acceptors (Lipinski definition) is 4. The lowest BCUT2D eigenvalue weighted by atomic mass is 9.95. The molecule has 0 saturated heterocycles. The van der Waals surface area contributed by atoms with E-state index in [0.29, 0.717) is 17.7 Å². The van der Waals surface area contributed by atoms with Gasteiger partial charge in [-0.05, 0) is 61.2 Å². The Kier molecular flexibility index (Phi) is 9.90. The third kappa shape index (κ3) is 7.77. The van der Waals surface area contributed by atoms with Crippen molar-refractivity contribution in [3.05, 3.63) is 64.4 Å². The molecule has 1 aliphatic rings. The number of hydrogen-bond donors (Lipinski definition) is 1. The van der Waals surface area contributed by atoms with Crippen molar-refractivity contribution in [1.29, 1.82) is 0 Å². The van der Waals surface area contributed by atoms with Crippen LogP contribution < -0.4 is 9.62 Å². The highest BCUT2D eigenvalue weighted by Gasteiger charge is 2.32. The lowest BCUT2D eigenvalue weighted by molar-refractivity contribution is -0.140. The van der Waals surface area contributed by atoms with Gasteiger partial charge in [0.1, 0.15) is 18.4 Å². The smallest absolute Gasteiger partial charge is 0.244 e. The van der Waals surface area contributed by atoms with Gasteiger partial charge in [-0.15, -0.1) is 0 Å². The van der Waals surface area contributed by atoms with Crippen LogP contribution in [0.15, 0.2) is 53.0 Å². The molecule has 7 nitrogen and oxygen atoms in total. The third-order valence-electron chi connectivity index (χ3n) is 6.40. The van der Waals surface area contributed by atoms with Crippen LogP contribution in [-0.2, 0) is 26.2 Å². The van der Waals surface area contributed by atoms with Crippen LogP contribution in [-0.4, -0.2) is 50.0 Å². The highest BCUT2D eigenvalue weighted by atomic mass is 79.9. The molecule has 0 heterocycles. The van der Waals surface area contributed by atoms with E-state index in [0.717, 1.165) is 47.1 Å². The second-order valence-corrected chi connectivity index (χ2v) is 12.0. The van der Waals surface area contributed by atoms with Crippen LogP contribution in [0, 0.1) is 5.82 Å². The zero-order valence-corrected chi connectivity index (χ0v) is 23.0. The number of rotatable bonds is 10. The molecule has 3 rings (SSSR count). The Morgan fingerprint density at radius 1 is 1.06 bits per heavy atom. The van der Waals surface area contributed by atoms with E-state index in [1.54, 1.807) is 36.4 Å². The van der Waals surface area contributed by atoms with Gasteiger partial charge in [0, 0.05) is 17.1 Å². The number of carbonyl (C=O) groups excluding carboxylic acids is 2. The van der Waals surface area contributed by atoms with Crippen molar-refractivity contribution < 1.29 is 22.4 Å². The molecule has 2 aromatic carbocycles. The van der Waals surface area contributed by atoms with Crippen molar-refractivity contribution in [3.63, 3.8) is 0 Å². The summed E-state index contributed by atoms with van der Waals surface area (Å²) in [5.41, 5.74) is 0.985. The summed E-state index contributed by atoms with van der Waals surface area (Å²) in [6.45, 7) is 1.40. The van der Waals surface area contributed by atoms with Crippen LogP contribution in [0.2, 0.25) is 0 Å². The Morgan fingerprint density at radius 2 is 1.67 bits per heavy atom. The molecule has 0 unspecified atom stereocenters. The van der Waals surface area contributed by atoms with Crippen LogP contribution in [0.1, 0.15) is 51.0 Å². The zero-order valence-electron chi connectivity index (χ0n) is 20.6. The fourth-order valence-electron chi connectivity index (χ4n) is 4.47. The quantitative estimate of drug-likeness (QED) is 0.444. The molecule has 1 fully saturated rings. The lowest BCUT2D eigenvalue weighted by Crippen LogP contribution is -2.53. The van der Waals surface area contributed by atoms with Gasteiger partial charge in [0.05, 0.1) is 11.9 Å². The largest absolute Gasteiger partial charge is 0.352 e. The summed E-state index contributed by atoms with van der Waals surface area (Å²) < 4.78 is 40.6. The summed E-state index contributed by atoms with van der Waals surface area (Å²) in [5, 5.41) is 3.09. The Bertz CT molecular complexity index is 1140. The van der Waals surface area contributed by atoms with E-state index in [2.05, 4.69) is 21.2 Å². The zero-order chi connectivity index (χ0) is 26.3. The average Bonchev–Trinajstić information content (AvgIpc) is 2.84. The first kappa shape index (κ1) is 28.1. The topological polar surface area (TPSA) is 86.8 Å². The van der Waals surface area contributed by atoms with Crippen LogP contribution in [0.3, 0.4) is 0 Å². The molecular weight excluding hydrogens is 549 g/mol. The van der Waals surface area contributed by atoms with Gasteiger partial charge in [-0.1, -0.05) is 54.2 Å². The summed E-state index contributed by atoms with van der Waals surface area (Å²) in [6, 6.07) is 11.6. The molecule has 0 spiro atoms. The first-order valence-corrected chi connectivity index (χ1v) is 14.8. The predicted molar refractivity (Wildman–Crippen MR) is 142 cm³/mol. The Balaban J connectivity index is 1.89. The van der Waals surface area contributed by atoms with Gasteiger partial charge in [-0.25, -0.2) is 12.8 Å². The number of nitrogens with one attached hydrogen (secondary N) is 1. The van der Waals surface area contributed by atoms with Gasteiger partial charge >= 0.3 is 0 Å². The van der Waals surface area contributed by atoms with Gasteiger partial charge in [-0.2, -0.15) is 0 Å². The summed E-state index contributed by atoms with van der Waals surface area (Å²) in [6.07, 6.45) is 6.45. The maximum atomic E-state index is 13.7. The molecule has 10 heteroatoms. The van der Waals surface area contributed by atoms with Crippen molar-refractivity contribution >= 4 is 43.5 Å². The van der Waals surface area contributed by atoms with E-state index in [-0.39, 0.29) is 18.5 Å². The van der Waals surface area contributed by atoms with Gasteiger partial charge in [-0.3, -0.25) is 13.9 Å². The van der Waals surface area contributed by atoms with Gasteiger partial charge in [0.15, 0.2) is 0 Å².